The Labute approximate surface area is 100 Å². The van der Waals surface area contributed by atoms with Crippen LogP contribution in [0.2, 0.25) is 0 Å². The van der Waals surface area contributed by atoms with Crippen LogP contribution in [0.3, 0.4) is 0 Å². The molecule has 90 valence electrons. The summed E-state index contributed by atoms with van der Waals surface area (Å²) >= 11 is 0. The largest absolute Gasteiger partial charge is 0.388 e. The summed E-state index contributed by atoms with van der Waals surface area (Å²) in [5, 5.41) is 8.69. The Morgan fingerprint density at radius 3 is 2.47 bits per heavy atom. The monoisotopic (exact) mass is 231 g/mol. The Bertz CT molecular complexity index is 566. The van der Waals surface area contributed by atoms with E-state index in [1.54, 1.807) is 6.07 Å². The van der Waals surface area contributed by atoms with Gasteiger partial charge in [-0.3, -0.25) is 9.89 Å². The van der Waals surface area contributed by atoms with Crippen molar-refractivity contribution in [2.24, 2.45) is 0 Å². The fourth-order valence-electron chi connectivity index (χ4n) is 2.06. The molecule has 0 fully saturated rings. The van der Waals surface area contributed by atoms with Gasteiger partial charge in [0.05, 0.1) is 0 Å². The van der Waals surface area contributed by atoms with Crippen molar-refractivity contribution in [3.05, 3.63) is 51.9 Å². The first-order valence-electron chi connectivity index (χ1n) is 5.61. The minimum Gasteiger partial charge on any atom is -0.388 e. The van der Waals surface area contributed by atoms with Crippen molar-refractivity contribution in [3.8, 4) is 0 Å². The number of H-pyrrole nitrogens is 2. The molecular formula is C13H17N3O. The molecule has 0 amide bonds. The van der Waals surface area contributed by atoms with Crippen LogP contribution in [-0.4, -0.2) is 17.2 Å². The Kier molecular flexibility index (Phi) is 2.79. The number of benzene rings is 1. The first kappa shape index (κ1) is 11.5. The number of aromatic nitrogens is 2. The van der Waals surface area contributed by atoms with Gasteiger partial charge >= 0.3 is 0 Å². The fraction of sp³-hybridized carbons (Fsp3) is 0.308. The molecule has 1 aromatic carbocycles. The summed E-state index contributed by atoms with van der Waals surface area (Å²) in [6, 6.07) is 9.69. The van der Waals surface area contributed by atoms with Gasteiger partial charge in [-0.2, -0.15) is 0 Å². The van der Waals surface area contributed by atoms with Gasteiger partial charge in [0.25, 0.3) is 5.56 Å². The Morgan fingerprint density at radius 1 is 1.18 bits per heavy atom. The molecule has 2 rings (SSSR count). The second kappa shape index (κ2) is 4.13. The molecular weight excluding hydrogens is 214 g/mol. The van der Waals surface area contributed by atoms with Crippen molar-refractivity contribution < 1.29 is 0 Å². The van der Waals surface area contributed by atoms with Crippen LogP contribution in [-0.2, 0) is 5.41 Å². The zero-order chi connectivity index (χ0) is 12.5. The topological polar surface area (TPSA) is 60.7 Å². The lowest BCUT2D eigenvalue weighted by Crippen LogP contribution is -2.21. The Hall–Kier alpha value is -1.97. The third-order valence-corrected chi connectivity index (χ3v) is 3.14. The standard InChI is InChI=1S/C13H17N3O/c1-13(2,11-8-12(17)16-15-11)9-6-4-5-7-10(9)14-3/h4-8,14H,1-3H3,(H2,15,16,17). The fourth-order valence-corrected chi connectivity index (χ4v) is 2.06. The first-order chi connectivity index (χ1) is 8.05. The van der Waals surface area contributed by atoms with Gasteiger partial charge < -0.3 is 10.4 Å². The SMILES string of the molecule is CNc1ccccc1C(C)(C)c1cc(=O)[nH][nH]1. The number of para-hydroxylation sites is 1. The van der Waals surface area contributed by atoms with Gasteiger partial charge in [-0.15, -0.1) is 0 Å². The maximum Gasteiger partial charge on any atom is 0.264 e. The molecule has 0 bridgehead atoms. The van der Waals surface area contributed by atoms with E-state index in [4.69, 9.17) is 0 Å². The van der Waals surface area contributed by atoms with E-state index in [9.17, 15) is 4.79 Å². The van der Waals surface area contributed by atoms with Crippen LogP contribution >= 0.6 is 0 Å². The zero-order valence-corrected chi connectivity index (χ0v) is 10.3. The van der Waals surface area contributed by atoms with Gasteiger partial charge in [0, 0.05) is 29.9 Å². The molecule has 2 aromatic rings. The summed E-state index contributed by atoms with van der Waals surface area (Å²) in [6.45, 7) is 4.17. The predicted octanol–water partition coefficient (Wildman–Crippen LogP) is 2.07. The van der Waals surface area contributed by atoms with E-state index >= 15 is 0 Å². The van der Waals surface area contributed by atoms with Gasteiger partial charge in [-0.1, -0.05) is 32.0 Å². The molecule has 0 saturated heterocycles. The van der Waals surface area contributed by atoms with Crippen LogP contribution in [0, 0.1) is 0 Å². The van der Waals surface area contributed by atoms with Crippen LogP contribution in [0.5, 0.6) is 0 Å². The molecule has 3 N–H and O–H groups in total. The third-order valence-electron chi connectivity index (χ3n) is 3.14. The van der Waals surface area contributed by atoms with E-state index in [2.05, 4.69) is 35.4 Å². The van der Waals surface area contributed by atoms with Crippen molar-refractivity contribution >= 4 is 5.69 Å². The van der Waals surface area contributed by atoms with Crippen LogP contribution in [0.25, 0.3) is 0 Å². The molecule has 0 radical (unpaired) electrons. The third kappa shape index (κ3) is 1.98. The minimum atomic E-state index is -0.251. The highest BCUT2D eigenvalue weighted by molar-refractivity contribution is 5.56. The van der Waals surface area contributed by atoms with E-state index in [0.29, 0.717) is 0 Å². The normalized spacial score (nSPS) is 11.5. The smallest absolute Gasteiger partial charge is 0.264 e. The molecule has 1 aromatic heterocycles. The molecule has 0 aliphatic carbocycles. The van der Waals surface area contributed by atoms with Crippen LogP contribution in [0.15, 0.2) is 35.1 Å². The van der Waals surface area contributed by atoms with E-state index in [-0.39, 0.29) is 11.0 Å². The van der Waals surface area contributed by atoms with Crippen LogP contribution in [0.4, 0.5) is 5.69 Å². The lowest BCUT2D eigenvalue weighted by molar-refractivity contribution is 0.615. The number of hydrogen-bond acceptors (Lipinski definition) is 2. The quantitative estimate of drug-likeness (QED) is 0.757. The van der Waals surface area contributed by atoms with Crippen molar-refractivity contribution in [2.75, 3.05) is 12.4 Å². The van der Waals surface area contributed by atoms with E-state index in [1.165, 1.54) is 0 Å². The van der Waals surface area contributed by atoms with E-state index in [1.807, 2.05) is 25.2 Å². The molecule has 4 heteroatoms. The van der Waals surface area contributed by atoms with E-state index < -0.39 is 0 Å². The maximum absolute atomic E-state index is 11.2. The number of hydrogen-bond donors (Lipinski definition) is 3. The highest BCUT2D eigenvalue weighted by atomic mass is 16.1. The summed E-state index contributed by atoms with van der Waals surface area (Å²) < 4.78 is 0. The maximum atomic E-state index is 11.2. The minimum absolute atomic E-state index is 0.102. The Morgan fingerprint density at radius 2 is 1.88 bits per heavy atom. The van der Waals surface area contributed by atoms with E-state index in [0.717, 1.165) is 16.9 Å². The number of nitrogens with one attached hydrogen (secondary N) is 3. The predicted molar refractivity (Wildman–Crippen MR) is 69.5 cm³/mol. The molecule has 1 heterocycles. The van der Waals surface area contributed by atoms with Crippen molar-refractivity contribution in [1.29, 1.82) is 0 Å². The summed E-state index contributed by atoms with van der Waals surface area (Å²) in [4.78, 5) is 11.2. The molecule has 17 heavy (non-hydrogen) atoms. The van der Waals surface area contributed by atoms with Crippen molar-refractivity contribution in [3.63, 3.8) is 0 Å². The number of rotatable bonds is 3. The van der Waals surface area contributed by atoms with Gasteiger partial charge in [0.2, 0.25) is 0 Å². The van der Waals surface area contributed by atoms with Gasteiger partial charge in [-0.05, 0) is 11.6 Å². The zero-order valence-electron chi connectivity index (χ0n) is 10.3. The van der Waals surface area contributed by atoms with Crippen LogP contribution in [0.1, 0.15) is 25.1 Å². The average Bonchev–Trinajstić information content (AvgIpc) is 2.76. The lowest BCUT2D eigenvalue weighted by atomic mass is 9.80. The second-order valence-corrected chi connectivity index (χ2v) is 4.59. The van der Waals surface area contributed by atoms with Crippen LogP contribution < -0.4 is 10.9 Å². The summed E-state index contributed by atoms with van der Waals surface area (Å²) in [6.07, 6.45) is 0. The summed E-state index contributed by atoms with van der Waals surface area (Å²) in [7, 11) is 1.90. The Balaban J connectivity index is 2.54. The molecule has 4 nitrogen and oxygen atoms in total. The molecule has 0 spiro atoms. The first-order valence-corrected chi connectivity index (χ1v) is 5.61. The molecule has 0 aliphatic rings. The highest BCUT2D eigenvalue weighted by Gasteiger charge is 2.27. The average molecular weight is 231 g/mol. The molecule has 0 atom stereocenters. The highest BCUT2D eigenvalue weighted by Crippen LogP contribution is 2.34. The van der Waals surface area contributed by atoms with Gasteiger partial charge in [0.15, 0.2) is 0 Å². The van der Waals surface area contributed by atoms with Crippen molar-refractivity contribution in [2.45, 2.75) is 19.3 Å². The summed E-state index contributed by atoms with van der Waals surface area (Å²) in [5.74, 6) is 0. The van der Waals surface area contributed by atoms with Gasteiger partial charge in [-0.25, -0.2) is 0 Å². The molecule has 0 saturated carbocycles. The molecule has 0 aliphatic heterocycles. The molecule has 0 unspecified atom stereocenters. The number of anilines is 1. The summed E-state index contributed by atoms with van der Waals surface area (Å²) in [5.41, 5.74) is 2.75. The second-order valence-electron chi connectivity index (χ2n) is 4.59. The lowest BCUT2D eigenvalue weighted by Gasteiger charge is -2.26. The van der Waals surface area contributed by atoms with Gasteiger partial charge in [0.1, 0.15) is 0 Å². The number of aromatic amines is 2. The van der Waals surface area contributed by atoms with Crippen molar-refractivity contribution in [1.82, 2.24) is 10.2 Å².